The summed E-state index contributed by atoms with van der Waals surface area (Å²) >= 11 is 0. The van der Waals surface area contributed by atoms with E-state index in [1.54, 1.807) is 12.1 Å². The molecule has 0 aromatic heterocycles. The molecule has 1 amide bonds. The number of carbonyl (C=O) groups is 2. The van der Waals surface area contributed by atoms with Crippen LogP contribution >= 0.6 is 0 Å². The summed E-state index contributed by atoms with van der Waals surface area (Å²) in [5.41, 5.74) is 2.10. The van der Waals surface area contributed by atoms with Gasteiger partial charge in [0.1, 0.15) is 0 Å². The molecule has 1 unspecified atom stereocenters. The Morgan fingerprint density at radius 2 is 1.84 bits per heavy atom. The number of carbonyl (C=O) groups excluding carboxylic acids is 2. The minimum absolute atomic E-state index is 0.0986. The number of fused-ring (bicyclic) bond motifs is 3. The van der Waals surface area contributed by atoms with Crippen molar-refractivity contribution in [2.45, 2.75) is 32.7 Å². The number of rotatable bonds is 5. The average Bonchev–Trinajstić information content (AvgIpc) is 2.98. The normalized spacial score (nSPS) is 14.8. The second-order valence-electron chi connectivity index (χ2n) is 7.08. The van der Waals surface area contributed by atoms with Gasteiger partial charge in [-0.05, 0) is 47.7 Å². The molecule has 0 aliphatic heterocycles. The molecule has 1 aliphatic rings. The first-order valence-electron chi connectivity index (χ1n) is 10.3. The lowest BCUT2D eigenvalue weighted by molar-refractivity contribution is -0.132. The van der Waals surface area contributed by atoms with Gasteiger partial charge in [0, 0.05) is 19.4 Å². The van der Waals surface area contributed by atoms with Crippen LogP contribution < -0.4 is 29.7 Å². The molecule has 1 aliphatic carbocycles. The zero-order chi connectivity index (χ0) is 23.4. The fourth-order valence-corrected chi connectivity index (χ4v) is 3.85. The standard InChI is InChI=1S/C23H25NO7/c1-12(25)24-17-8-6-14-10-20(29-4)22(30-5)23(31-13(2)26)21(14)15-7-9-19(28-3)18(27)11-16(15)17/h7,9-11,17H,6,8H2,1-5H3,(H,24,25)/i5T,8+2. The number of aryl methyl sites for hydroxylation is 1. The van der Waals surface area contributed by atoms with Crippen LogP contribution in [0.3, 0.4) is 0 Å². The first-order valence-corrected chi connectivity index (χ1v) is 9.64. The number of hydrogen-bond acceptors (Lipinski definition) is 7. The maximum Gasteiger partial charge on any atom is 0.308 e. The van der Waals surface area contributed by atoms with E-state index in [1.807, 2.05) is 0 Å². The minimum Gasteiger partial charge on any atom is -0.493 e. The first kappa shape index (κ1) is 20.7. The van der Waals surface area contributed by atoms with Crippen LogP contribution in [0.1, 0.15) is 38.8 Å². The lowest BCUT2D eigenvalue weighted by Gasteiger charge is -2.19. The second-order valence-corrected chi connectivity index (χ2v) is 7.08. The summed E-state index contributed by atoms with van der Waals surface area (Å²) in [5, 5.41) is 2.90. The monoisotopic (exact) mass is 431 g/mol. The van der Waals surface area contributed by atoms with Crippen molar-refractivity contribution < 1.29 is 29.9 Å². The van der Waals surface area contributed by atoms with Gasteiger partial charge in [0.05, 0.1) is 28.7 Å². The third kappa shape index (κ3) is 4.33. The summed E-state index contributed by atoms with van der Waals surface area (Å²) in [7, 11) is 2.43. The zero-order valence-electron chi connectivity index (χ0n) is 18.9. The highest BCUT2D eigenvalue weighted by Gasteiger charge is 2.30. The number of amides is 1. The van der Waals surface area contributed by atoms with E-state index in [9.17, 15) is 14.4 Å². The van der Waals surface area contributed by atoms with E-state index in [0.717, 1.165) is 5.56 Å². The summed E-state index contributed by atoms with van der Waals surface area (Å²) in [6.07, 6.45) is 0.989. The van der Waals surface area contributed by atoms with Gasteiger partial charge in [-0.3, -0.25) is 14.4 Å². The molecule has 2 aromatic rings. The minimum atomic E-state index is -0.582. The molecule has 31 heavy (non-hydrogen) atoms. The maximum atomic E-state index is 12.7. The van der Waals surface area contributed by atoms with Crippen LogP contribution in [0.2, 0.25) is 0 Å². The molecule has 8 nitrogen and oxygen atoms in total. The predicted octanol–water partition coefficient (Wildman–Crippen LogP) is 2.79. The van der Waals surface area contributed by atoms with Crippen molar-refractivity contribution in [2.75, 3.05) is 21.3 Å². The molecule has 0 fully saturated rings. The Bertz CT molecular complexity index is 1120. The van der Waals surface area contributed by atoms with Crippen LogP contribution in [-0.4, -0.2) is 33.2 Å². The Kier molecular flexibility index (Phi) is 6.06. The van der Waals surface area contributed by atoms with Crippen molar-refractivity contribution in [3.63, 3.8) is 0 Å². The van der Waals surface area contributed by atoms with Crippen molar-refractivity contribution in [1.29, 1.82) is 0 Å². The van der Waals surface area contributed by atoms with Crippen LogP contribution in [0.5, 0.6) is 23.0 Å². The molecule has 0 heterocycles. The predicted molar refractivity (Wildman–Crippen MR) is 114 cm³/mol. The maximum absolute atomic E-state index is 12.7. The SMILES string of the molecule is [3H]COc1c(OC)cc2c(c1OC(C)=O)-c1ccc(OC)c(=O)cc1C(NC(C)=O)[14CH2]C2. The highest BCUT2D eigenvalue weighted by atomic mass is 16.6. The molecular weight excluding hydrogens is 404 g/mol. The molecule has 1 atom stereocenters. The topological polar surface area (TPSA) is 100 Å². The highest BCUT2D eigenvalue weighted by molar-refractivity contribution is 5.86. The van der Waals surface area contributed by atoms with Gasteiger partial charge in [-0.25, -0.2) is 0 Å². The van der Waals surface area contributed by atoms with Gasteiger partial charge in [-0.1, -0.05) is 6.07 Å². The van der Waals surface area contributed by atoms with E-state index in [-0.39, 0.29) is 28.6 Å². The van der Waals surface area contributed by atoms with E-state index in [1.165, 1.54) is 40.2 Å². The van der Waals surface area contributed by atoms with Crippen LogP contribution in [-0.2, 0) is 16.0 Å². The Morgan fingerprint density at radius 3 is 2.45 bits per heavy atom. The smallest absolute Gasteiger partial charge is 0.308 e. The van der Waals surface area contributed by atoms with Gasteiger partial charge in [0.2, 0.25) is 17.1 Å². The number of nitrogens with one attached hydrogen (secondary N) is 1. The molecule has 0 bridgehead atoms. The van der Waals surface area contributed by atoms with E-state index >= 15 is 0 Å². The average molecular weight is 431 g/mol. The Labute approximate surface area is 181 Å². The summed E-state index contributed by atoms with van der Waals surface area (Å²) in [4.78, 5) is 36.6. The third-order valence-electron chi connectivity index (χ3n) is 5.08. The van der Waals surface area contributed by atoms with E-state index in [2.05, 4.69) is 5.32 Å². The number of methoxy groups -OCH3 is 3. The number of esters is 1. The lowest BCUT2D eigenvalue weighted by Crippen LogP contribution is -2.26. The summed E-state index contributed by atoms with van der Waals surface area (Å²) in [5.74, 6) is -0.168. The Hall–Kier alpha value is -3.55. The molecule has 2 aromatic carbocycles. The Morgan fingerprint density at radius 1 is 1.10 bits per heavy atom. The molecule has 0 saturated heterocycles. The molecule has 1 N–H and O–H groups in total. The second kappa shape index (κ2) is 9.07. The van der Waals surface area contributed by atoms with Crippen molar-refractivity contribution in [3.8, 4) is 34.1 Å². The third-order valence-corrected chi connectivity index (χ3v) is 5.08. The fraction of sp³-hybridized carbons (Fsp3) is 0.348. The largest absolute Gasteiger partial charge is 0.493 e. The zero-order valence-corrected chi connectivity index (χ0v) is 17.9. The number of benzene rings is 1. The summed E-state index contributed by atoms with van der Waals surface area (Å²) in [6.45, 7) is 2.67. The molecule has 3 rings (SSSR count). The van der Waals surface area contributed by atoms with Gasteiger partial charge in [-0.15, -0.1) is 0 Å². The van der Waals surface area contributed by atoms with Crippen LogP contribution in [0, 0.1) is 0 Å². The molecule has 0 spiro atoms. The van der Waals surface area contributed by atoms with Crippen molar-refractivity contribution in [2.24, 2.45) is 0 Å². The van der Waals surface area contributed by atoms with Gasteiger partial charge < -0.3 is 24.3 Å². The molecule has 8 heteroatoms. The number of hydrogen-bond donors (Lipinski definition) is 1. The van der Waals surface area contributed by atoms with E-state index < -0.39 is 19.1 Å². The van der Waals surface area contributed by atoms with Gasteiger partial charge in [0.25, 0.3) is 0 Å². The van der Waals surface area contributed by atoms with E-state index in [4.69, 9.17) is 20.3 Å². The van der Waals surface area contributed by atoms with Crippen molar-refractivity contribution >= 4 is 11.9 Å². The molecule has 0 radical (unpaired) electrons. The van der Waals surface area contributed by atoms with Gasteiger partial charge in [0.15, 0.2) is 17.2 Å². The number of ether oxygens (including phenoxy) is 4. The molecular formula is C23H25NO7. The van der Waals surface area contributed by atoms with Crippen molar-refractivity contribution in [3.05, 3.63) is 45.6 Å². The highest BCUT2D eigenvalue weighted by Crippen LogP contribution is 2.50. The fourth-order valence-electron chi connectivity index (χ4n) is 3.85. The quantitative estimate of drug-likeness (QED) is 0.574. The van der Waals surface area contributed by atoms with Crippen molar-refractivity contribution in [1.82, 2.24) is 5.32 Å². The summed E-state index contributed by atoms with van der Waals surface area (Å²) in [6, 6.07) is 5.95. The van der Waals surface area contributed by atoms with E-state index in [0.29, 0.717) is 35.3 Å². The summed E-state index contributed by atoms with van der Waals surface area (Å²) < 4.78 is 29.2. The van der Waals surface area contributed by atoms with Crippen LogP contribution in [0.25, 0.3) is 11.1 Å². The Balaban J connectivity index is 2.44. The van der Waals surface area contributed by atoms with Crippen LogP contribution in [0.15, 0.2) is 29.1 Å². The van der Waals surface area contributed by atoms with Gasteiger partial charge in [-0.2, -0.15) is 0 Å². The van der Waals surface area contributed by atoms with Crippen LogP contribution in [0.4, 0.5) is 0 Å². The lowest BCUT2D eigenvalue weighted by atomic mass is 9.95. The van der Waals surface area contributed by atoms with Gasteiger partial charge >= 0.3 is 5.97 Å². The molecule has 164 valence electrons. The first-order chi connectivity index (χ1) is 15.3. The molecule has 0 saturated carbocycles.